The molecule has 0 aliphatic rings. The summed E-state index contributed by atoms with van der Waals surface area (Å²) in [6.45, 7) is 2.86. The van der Waals surface area contributed by atoms with Crippen molar-refractivity contribution in [3.8, 4) is 23.0 Å². The SMILES string of the molecule is CCCCCCOc1ccc(C(=O)Oc2ccc(C=CC(=O)OC)cc2)cc1.COC(=O)C=Cc1ccc(OC(=O)c2ccc(OC)cc2)cc1. The van der Waals surface area contributed by atoms with Gasteiger partial charge in [-0.3, -0.25) is 0 Å². The maximum atomic E-state index is 12.3. The molecular formula is C41H42O10. The Morgan fingerprint density at radius 1 is 0.510 bits per heavy atom. The number of esters is 4. The molecular weight excluding hydrogens is 652 g/mol. The molecule has 0 fully saturated rings. The van der Waals surface area contributed by atoms with Crippen LogP contribution in [0.15, 0.2) is 109 Å². The minimum atomic E-state index is -0.453. The molecule has 0 unspecified atom stereocenters. The molecule has 0 atom stereocenters. The number of carbonyl (C=O) groups excluding carboxylic acids is 4. The zero-order valence-electron chi connectivity index (χ0n) is 29.2. The average Bonchev–Trinajstić information content (AvgIpc) is 3.17. The second-order valence-electron chi connectivity index (χ2n) is 10.8. The number of methoxy groups -OCH3 is 3. The summed E-state index contributed by atoms with van der Waals surface area (Å²) in [5.74, 6) is 0.511. The summed E-state index contributed by atoms with van der Waals surface area (Å²) in [4.78, 5) is 46.4. The molecule has 0 spiro atoms. The van der Waals surface area contributed by atoms with E-state index in [-0.39, 0.29) is 0 Å². The Morgan fingerprint density at radius 2 is 0.922 bits per heavy atom. The van der Waals surface area contributed by atoms with Crippen LogP contribution in [0, 0.1) is 0 Å². The Balaban J connectivity index is 0.000000281. The van der Waals surface area contributed by atoms with Crippen LogP contribution < -0.4 is 18.9 Å². The highest BCUT2D eigenvalue weighted by Gasteiger charge is 2.10. The van der Waals surface area contributed by atoms with Crippen molar-refractivity contribution in [2.45, 2.75) is 32.6 Å². The summed E-state index contributed by atoms with van der Waals surface area (Å²) in [6.07, 6.45) is 10.5. The number of hydrogen-bond donors (Lipinski definition) is 0. The molecule has 0 aliphatic heterocycles. The molecule has 4 aromatic carbocycles. The zero-order chi connectivity index (χ0) is 36.8. The second-order valence-corrected chi connectivity index (χ2v) is 10.8. The van der Waals surface area contributed by atoms with Gasteiger partial charge in [-0.15, -0.1) is 0 Å². The summed E-state index contributed by atoms with van der Waals surface area (Å²) in [6, 6.07) is 27.2. The first-order valence-electron chi connectivity index (χ1n) is 16.3. The van der Waals surface area contributed by atoms with Gasteiger partial charge in [0.2, 0.25) is 0 Å². The molecule has 0 aromatic heterocycles. The van der Waals surface area contributed by atoms with Crippen molar-refractivity contribution >= 4 is 36.0 Å². The van der Waals surface area contributed by atoms with Crippen LogP contribution in [-0.2, 0) is 19.1 Å². The average molecular weight is 695 g/mol. The third kappa shape index (κ3) is 14.5. The Labute approximate surface area is 298 Å². The van der Waals surface area contributed by atoms with Crippen LogP contribution in [0.25, 0.3) is 12.2 Å². The highest BCUT2D eigenvalue weighted by molar-refractivity contribution is 5.92. The lowest BCUT2D eigenvalue weighted by Crippen LogP contribution is -2.08. The molecule has 10 heteroatoms. The van der Waals surface area contributed by atoms with Gasteiger partial charge in [-0.1, -0.05) is 50.5 Å². The smallest absolute Gasteiger partial charge is 0.343 e. The van der Waals surface area contributed by atoms with Gasteiger partial charge in [-0.05, 0) is 102 Å². The van der Waals surface area contributed by atoms with Crippen LogP contribution in [0.2, 0.25) is 0 Å². The third-order valence-corrected chi connectivity index (χ3v) is 7.09. The molecule has 0 saturated carbocycles. The topological polar surface area (TPSA) is 124 Å². The van der Waals surface area contributed by atoms with Crippen LogP contribution in [0.5, 0.6) is 23.0 Å². The lowest BCUT2D eigenvalue weighted by atomic mass is 10.2. The van der Waals surface area contributed by atoms with Crippen molar-refractivity contribution in [3.63, 3.8) is 0 Å². The second kappa shape index (κ2) is 21.7. The summed E-state index contributed by atoms with van der Waals surface area (Å²) < 4.78 is 30.4. The van der Waals surface area contributed by atoms with Gasteiger partial charge in [-0.2, -0.15) is 0 Å². The molecule has 10 nitrogen and oxygen atoms in total. The molecule has 0 saturated heterocycles. The molecule has 4 aromatic rings. The van der Waals surface area contributed by atoms with E-state index in [2.05, 4.69) is 16.4 Å². The van der Waals surface area contributed by atoms with Crippen molar-refractivity contribution in [1.82, 2.24) is 0 Å². The lowest BCUT2D eigenvalue weighted by Gasteiger charge is -2.08. The number of rotatable bonds is 15. The molecule has 266 valence electrons. The standard InChI is InChI=1S/C23H26O5.C18H16O5/c1-3-4-5-6-17-27-20-14-10-19(11-15-20)23(25)28-21-12-7-18(8-13-21)9-16-22(24)26-2;1-21-15-10-6-14(7-11-15)18(20)23-16-8-3-13(4-9-16)5-12-17(19)22-2/h7-16H,3-6,17H2,1-2H3;3-12H,1-2H3. The first-order chi connectivity index (χ1) is 24.7. The minimum absolute atomic E-state index is 0.418. The summed E-state index contributed by atoms with van der Waals surface area (Å²) in [5.41, 5.74) is 2.47. The Morgan fingerprint density at radius 3 is 1.31 bits per heavy atom. The van der Waals surface area contributed by atoms with Crippen LogP contribution in [0.3, 0.4) is 0 Å². The third-order valence-electron chi connectivity index (χ3n) is 7.09. The van der Waals surface area contributed by atoms with Crippen molar-refractivity contribution in [2.75, 3.05) is 27.9 Å². The van der Waals surface area contributed by atoms with E-state index in [1.165, 1.54) is 39.2 Å². The van der Waals surface area contributed by atoms with Crippen molar-refractivity contribution in [3.05, 3.63) is 131 Å². The van der Waals surface area contributed by atoms with Gasteiger partial charge in [0.05, 0.1) is 39.1 Å². The van der Waals surface area contributed by atoms with E-state index >= 15 is 0 Å². The van der Waals surface area contributed by atoms with E-state index in [1.807, 2.05) is 0 Å². The van der Waals surface area contributed by atoms with Gasteiger partial charge >= 0.3 is 23.9 Å². The molecule has 51 heavy (non-hydrogen) atoms. The predicted octanol–water partition coefficient (Wildman–Crippen LogP) is 8.15. The molecule has 0 radical (unpaired) electrons. The lowest BCUT2D eigenvalue weighted by molar-refractivity contribution is -0.135. The normalized spacial score (nSPS) is 10.5. The van der Waals surface area contributed by atoms with E-state index in [0.717, 1.165) is 29.7 Å². The molecule has 0 heterocycles. The van der Waals surface area contributed by atoms with Crippen molar-refractivity contribution in [2.24, 2.45) is 0 Å². The van der Waals surface area contributed by atoms with Crippen LogP contribution in [0.1, 0.15) is 64.4 Å². The van der Waals surface area contributed by atoms with Gasteiger partial charge in [0.25, 0.3) is 0 Å². The van der Waals surface area contributed by atoms with Crippen molar-refractivity contribution < 1.29 is 47.6 Å². The van der Waals surface area contributed by atoms with Gasteiger partial charge in [0.15, 0.2) is 0 Å². The molecule has 0 bridgehead atoms. The molecule has 4 rings (SSSR count). The summed E-state index contributed by atoms with van der Waals surface area (Å²) in [5, 5.41) is 0. The molecule has 0 amide bonds. The number of benzene rings is 4. The van der Waals surface area contributed by atoms with Crippen LogP contribution in [-0.4, -0.2) is 51.8 Å². The van der Waals surface area contributed by atoms with Gasteiger partial charge in [0.1, 0.15) is 23.0 Å². The van der Waals surface area contributed by atoms with Crippen LogP contribution >= 0.6 is 0 Å². The fourth-order valence-corrected chi connectivity index (χ4v) is 4.22. The predicted molar refractivity (Wildman–Crippen MR) is 194 cm³/mol. The maximum Gasteiger partial charge on any atom is 0.343 e. The Kier molecular flexibility index (Phi) is 16.7. The summed E-state index contributed by atoms with van der Waals surface area (Å²) >= 11 is 0. The quantitative estimate of drug-likeness (QED) is 0.0521. The highest BCUT2D eigenvalue weighted by Crippen LogP contribution is 2.19. The monoisotopic (exact) mass is 694 g/mol. The van der Waals surface area contributed by atoms with Gasteiger partial charge in [0, 0.05) is 12.2 Å². The Hall–Kier alpha value is -6.16. The first-order valence-corrected chi connectivity index (χ1v) is 16.3. The van der Waals surface area contributed by atoms with Crippen LogP contribution in [0.4, 0.5) is 0 Å². The minimum Gasteiger partial charge on any atom is -0.497 e. The Bertz CT molecular complexity index is 1740. The number of hydrogen-bond acceptors (Lipinski definition) is 10. The first kappa shape index (κ1) is 39.3. The van der Waals surface area contributed by atoms with E-state index in [9.17, 15) is 19.2 Å². The van der Waals surface area contributed by atoms with E-state index < -0.39 is 23.9 Å². The number of ether oxygens (including phenoxy) is 6. The van der Waals surface area contributed by atoms with Gasteiger partial charge < -0.3 is 28.4 Å². The zero-order valence-corrected chi connectivity index (χ0v) is 29.2. The maximum absolute atomic E-state index is 12.3. The molecule has 0 aliphatic carbocycles. The van der Waals surface area contributed by atoms with E-state index in [0.29, 0.717) is 35.0 Å². The van der Waals surface area contributed by atoms with Crippen molar-refractivity contribution in [1.29, 1.82) is 0 Å². The van der Waals surface area contributed by atoms with Gasteiger partial charge in [-0.25, -0.2) is 19.2 Å². The molecule has 0 N–H and O–H groups in total. The highest BCUT2D eigenvalue weighted by atomic mass is 16.5. The fourth-order valence-electron chi connectivity index (χ4n) is 4.22. The van der Waals surface area contributed by atoms with E-state index in [1.54, 1.807) is 116 Å². The number of carbonyl (C=O) groups is 4. The van der Waals surface area contributed by atoms with E-state index in [4.69, 9.17) is 18.9 Å². The summed E-state index contributed by atoms with van der Waals surface area (Å²) in [7, 11) is 4.19. The largest absolute Gasteiger partial charge is 0.497 e. The fraction of sp³-hybridized carbons (Fsp3) is 0.220. The number of unbranched alkanes of at least 4 members (excludes halogenated alkanes) is 3.